The van der Waals surface area contributed by atoms with Crippen LogP contribution in [-0.2, 0) is 27.1 Å². The second kappa shape index (κ2) is 10.00. The topological polar surface area (TPSA) is 118 Å². The highest BCUT2D eigenvalue weighted by Crippen LogP contribution is 2.40. The van der Waals surface area contributed by atoms with Crippen LogP contribution in [-0.4, -0.2) is 76.5 Å². The number of rotatable bonds is 9. The molecule has 0 saturated carbocycles. The van der Waals surface area contributed by atoms with Crippen molar-refractivity contribution in [3.8, 4) is 0 Å². The number of hydrogen-bond donors (Lipinski definition) is 2. The SMILES string of the molecule is COCCN(CCOC)C(=O)C1CCc2c(sc3ncnc(Nc4cc5cn[nH]c5cn4)c23)C1. The molecule has 0 saturated heterocycles. The number of anilines is 2. The van der Waals surface area contributed by atoms with Gasteiger partial charge in [-0.2, -0.15) is 5.10 Å². The van der Waals surface area contributed by atoms with E-state index in [4.69, 9.17) is 9.47 Å². The normalized spacial score (nSPS) is 15.5. The van der Waals surface area contributed by atoms with Gasteiger partial charge in [0.25, 0.3) is 0 Å². The molecule has 0 fully saturated rings. The summed E-state index contributed by atoms with van der Waals surface area (Å²) < 4.78 is 10.4. The first kappa shape index (κ1) is 22.6. The molecule has 1 aliphatic rings. The molecular formula is C23H27N7O3S. The molecule has 4 heterocycles. The molecule has 0 aromatic carbocycles. The first-order valence-electron chi connectivity index (χ1n) is 11.3. The number of carbonyl (C=O) groups is 1. The molecule has 1 atom stereocenters. The van der Waals surface area contributed by atoms with Gasteiger partial charge in [-0.25, -0.2) is 15.0 Å². The van der Waals surface area contributed by atoms with Crippen molar-refractivity contribution in [2.24, 2.45) is 5.92 Å². The number of aromatic nitrogens is 5. The van der Waals surface area contributed by atoms with Crippen LogP contribution in [0, 0.1) is 5.92 Å². The fraction of sp³-hybridized carbons (Fsp3) is 0.435. The summed E-state index contributed by atoms with van der Waals surface area (Å²) in [5, 5.41) is 12.3. The molecule has 11 heteroatoms. The number of pyridine rings is 1. The molecule has 0 aliphatic heterocycles. The summed E-state index contributed by atoms with van der Waals surface area (Å²) in [6, 6.07) is 1.94. The van der Waals surface area contributed by atoms with Crippen LogP contribution in [0.1, 0.15) is 16.9 Å². The molecule has 1 unspecified atom stereocenters. The summed E-state index contributed by atoms with van der Waals surface area (Å²) in [5.74, 6) is 1.55. The van der Waals surface area contributed by atoms with Gasteiger partial charge in [0, 0.05) is 43.5 Å². The molecular weight excluding hydrogens is 454 g/mol. The molecule has 34 heavy (non-hydrogen) atoms. The summed E-state index contributed by atoms with van der Waals surface area (Å²) in [7, 11) is 3.30. The zero-order chi connectivity index (χ0) is 23.5. The second-order valence-corrected chi connectivity index (χ2v) is 9.39. The molecule has 0 spiro atoms. The van der Waals surface area contributed by atoms with E-state index in [9.17, 15) is 4.79 Å². The zero-order valence-corrected chi connectivity index (χ0v) is 20.0. The van der Waals surface area contributed by atoms with E-state index in [1.807, 2.05) is 11.0 Å². The number of nitrogens with one attached hydrogen (secondary N) is 2. The highest BCUT2D eigenvalue weighted by molar-refractivity contribution is 7.19. The number of amides is 1. The molecule has 1 aliphatic carbocycles. The summed E-state index contributed by atoms with van der Waals surface area (Å²) in [5.41, 5.74) is 2.11. The minimum Gasteiger partial charge on any atom is -0.383 e. The van der Waals surface area contributed by atoms with Gasteiger partial charge in [0.2, 0.25) is 5.91 Å². The van der Waals surface area contributed by atoms with Crippen LogP contribution in [0.5, 0.6) is 0 Å². The molecule has 4 aromatic heterocycles. The number of ether oxygens (including phenoxy) is 2. The maximum atomic E-state index is 13.3. The third kappa shape index (κ3) is 4.46. The number of aromatic amines is 1. The summed E-state index contributed by atoms with van der Waals surface area (Å²) in [4.78, 5) is 30.8. The number of nitrogens with zero attached hydrogens (tertiary/aromatic N) is 5. The Labute approximate surface area is 200 Å². The third-order valence-corrected chi connectivity index (χ3v) is 7.37. The maximum Gasteiger partial charge on any atom is 0.226 e. The van der Waals surface area contributed by atoms with E-state index in [0.29, 0.717) is 38.5 Å². The number of thiophene rings is 1. The van der Waals surface area contributed by atoms with Gasteiger partial charge in [0.15, 0.2) is 0 Å². The monoisotopic (exact) mass is 481 g/mol. The Bertz CT molecular complexity index is 1300. The molecule has 2 N–H and O–H groups in total. The van der Waals surface area contributed by atoms with Crippen LogP contribution >= 0.6 is 11.3 Å². The van der Waals surface area contributed by atoms with Crippen LogP contribution in [0.3, 0.4) is 0 Å². The molecule has 0 bridgehead atoms. The van der Waals surface area contributed by atoms with Gasteiger partial charge in [-0.3, -0.25) is 9.89 Å². The smallest absolute Gasteiger partial charge is 0.226 e. The first-order chi connectivity index (χ1) is 16.7. The van der Waals surface area contributed by atoms with Gasteiger partial charge in [-0.15, -0.1) is 11.3 Å². The Morgan fingerprint density at radius 3 is 2.82 bits per heavy atom. The number of methoxy groups -OCH3 is 2. The van der Waals surface area contributed by atoms with E-state index in [0.717, 1.165) is 39.8 Å². The highest BCUT2D eigenvalue weighted by atomic mass is 32.1. The number of carbonyl (C=O) groups excluding carboxylic acids is 1. The quantitative estimate of drug-likeness (QED) is 0.375. The van der Waals surface area contributed by atoms with Gasteiger partial charge < -0.3 is 19.7 Å². The average molecular weight is 482 g/mol. The van der Waals surface area contributed by atoms with Crippen molar-refractivity contribution in [2.45, 2.75) is 19.3 Å². The van der Waals surface area contributed by atoms with Gasteiger partial charge in [0.05, 0.1) is 36.5 Å². The van der Waals surface area contributed by atoms with E-state index in [2.05, 4.69) is 30.5 Å². The van der Waals surface area contributed by atoms with Crippen molar-refractivity contribution in [1.29, 1.82) is 0 Å². The number of aryl methyl sites for hydroxylation is 1. The Hall–Kier alpha value is -3.15. The van der Waals surface area contributed by atoms with Crippen molar-refractivity contribution in [2.75, 3.05) is 45.8 Å². The largest absolute Gasteiger partial charge is 0.383 e. The van der Waals surface area contributed by atoms with Gasteiger partial charge in [-0.05, 0) is 30.9 Å². The van der Waals surface area contributed by atoms with Crippen molar-refractivity contribution in [3.05, 3.63) is 35.2 Å². The number of fused-ring (bicyclic) bond motifs is 4. The van der Waals surface area contributed by atoms with Crippen LogP contribution in [0.2, 0.25) is 0 Å². The average Bonchev–Trinajstić information content (AvgIpc) is 3.47. The van der Waals surface area contributed by atoms with Crippen molar-refractivity contribution < 1.29 is 14.3 Å². The van der Waals surface area contributed by atoms with Crippen LogP contribution in [0.15, 0.2) is 24.8 Å². The Kier molecular flexibility index (Phi) is 6.66. The summed E-state index contributed by atoms with van der Waals surface area (Å²) in [6.45, 7) is 2.17. The standard InChI is InChI=1S/C23H27N7O3S/c1-32-7-5-30(6-8-33-2)23(31)14-3-4-16-18(9-14)34-22-20(16)21(25-13-26-22)28-19-10-15-11-27-29-17(15)12-24-19/h10-14H,3-9H2,1-2H3,(H,27,29)(H,24,25,26,28). The van der Waals surface area contributed by atoms with Gasteiger partial charge >= 0.3 is 0 Å². The van der Waals surface area contributed by atoms with Crippen LogP contribution in [0.4, 0.5) is 11.6 Å². The lowest BCUT2D eigenvalue weighted by Crippen LogP contribution is -2.41. The molecule has 5 rings (SSSR count). The van der Waals surface area contributed by atoms with Gasteiger partial charge in [0.1, 0.15) is 22.8 Å². The van der Waals surface area contributed by atoms with Crippen molar-refractivity contribution >= 4 is 50.0 Å². The van der Waals surface area contributed by atoms with Crippen molar-refractivity contribution in [1.82, 2.24) is 30.0 Å². The Balaban J connectivity index is 1.39. The molecule has 10 nitrogen and oxygen atoms in total. The Morgan fingerprint density at radius 2 is 2.03 bits per heavy atom. The number of hydrogen-bond acceptors (Lipinski definition) is 9. The molecule has 178 valence electrons. The molecule has 0 radical (unpaired) electrons. The fourth-order valence-electron chi connectivity index (χ4n) is 4.44. The van der Waals surface area contributed by atoms with E-state index in [-0.39, 0.29) is 11.8 Å². The maximum absolute atomic E-state index is 13.3. The van der Waals surface area contributed by atoms with Crippen LogP contribution < -0.4 is 5.32 Å². The predicted octanol–water partition coefficient (Wildman–Crippen LogP) is 2.93. The Morgan fingerprint density at radius 1 is 1.21 bits per heavy atom. The highest BCUT2D eigenvalue weighted by Gasteiger charge is 2.31. The number of H-pyrrole nitrogens is 1. The van der Waals surface area contributed by atoms with E-state index in [1.54, 1.807) is 44.3 Å². The second-order valence-electron chi connectivity index (χ2n) is 8.31. The van der Waals surface area contributed by atoms with E-state index < -0.39 is 0 Å². The predicted molar refractivity (Wildman–Crippen MR) is 130 cm³/mol. The lowest BCUT2D eigenvalue weighted by atomic mass is 9.87. The van der Waals surface area contributed by atoms with E-state index >= 15 is 0 Å². The van der Waals surface area contributed by atoms with E-state index in [1.165, 1.54) is 10.4 Å². The minimum atomic E-state index is -0.0520. The lowest BCUT2D eigenvalue weighted by molar-refractivity contribution is -0.137. The lowest BCUT2D eigenvalue weighted by Gasteiger charge is -2.29. The molecule has 4 aromatic rings. The first-order valence-corrected chi connectivity index (χ1v) is 12.1. The van der Waals surface area contributed by atoms with Crippen LogP contribution in [0.25, 0.3) is 21.1 Å². The third-order valence-electron chi connectivity index (χ3n) is 6.21. The van der Waals surface area contributed by atoms with Gasteiger partial charge in [-0.1, -0.05) is 0 Å². The summed E-state index contributed by atoms with van der Waals surface area (Å²) in [6.07, 6.45) is 7.41. The fourth-order valence-corrected chi connectivity index (χ4v) is 5.71. The minimum absolute atomic E-state index is 0.0520. The summed E-state index contributed by atoms with van der Waals surface area (Å²) >= 11 is 1.65. The van der Waals surface area contributed by atoms with Crippen molar-refractivity contribution in [3.63, 3.8) is 0 Å². The zero-order valence-electron chi connectivity index (χ0n) is 19.2. The molecule has 1 amide bonds.